The van der Waals surface area contributed by atoms with Crippen LogP contribution in [0.2, 0.25) is 0 Å². The van der Waals surface area contributed by atoms with Gasteiger partial charge in [-0.1, -0.05) is 36.4 Å². The summed E-state index contributed by atoms with van der Waals surface area (Å²) in [5.74, 6) is 1.32. The summed E-state index contributed by atoms with van der Waals surface area (Å²) >= 11 is 0. The predicted octanol–water partition coefficient (Wildman–Crippen LogP) is 2.80. The number of nitrogens with zero attached hydrogens (tertiary/aromatic N) is 1. The lowest BCUT2D eigenvalue weighted by Gasteiger charge is -2.15. The number of rotatable bonds is 5. The summed E-state index contributed by atoms with van der Waals surface area (Å²) in [6.07, 6.45) is 0.256. The maximum absolute atomic E-state index is 12.5. The largest absolute Gasteiger partial charge is 0.493 e. The number of methoxy groups -OCH3 is 2. The molecule has 0 spiro atoms. The fourth-order valence-corrected chi connectivity index (χ4v) is 2.81. The van der Waals surface area contributed by atoms with E-state index in [1.807, 2.05) is 48.5 Å². The Morgan fingerprint density at radius 1 is 1.12 bits per heavy atom. The Bertz CT molecular complexity index is 702. The molecular weight excluding hydrogens is 306 g/mol. The molecule has 3 rings (SSSR count). The molecule has 126 valence electrons. The summed E-state index contributed by atoms with van der Waals surface area (Å²) < 4.78 is 16.3. The summed E-state index contributed by atoms with van der Waals surface area (Å²) in [7, 11) is 3.18. The quantitative estimate of drug-likeness (QED) is 0.847. The summed E-state index contributed by atoms with van der Waals surface area (Å²) in [5, 5.41) is 0. The average molecular weight is 327 g/mol. The number of carbonyl (C=O) groups is 1. The molecule has 1 aliphatic rings. The minimum Gasteiger partial charge on any atom is -0.493 e. The number of ether oxygens (including phenoxy) is 3. The van der Waals surface area contributed by atoms with Crippen LogP contribution in [-0.4, -0.2) is 38.3 Å². The molecule has 1 amide bonds. The van der Waals surface area contributed by atoms with Gasteiger partial charge in [0.25, 0.3) is 0 Å². The lowest BCUT2D eigenvalue weighted by atomic mass is 10.1. The first-order valence-corrected chi connectivity index (χ1v) is 7.86. The molecule has 2 aromatic carbocycles. The number of hydrogen-bond acceptors (Lipinski definition) is 4. The highest BCUT2D eigenvalue weighted by Crippen LogP contribution is 2.29. The first kappa shape index (κ1) is 16.3. The van der Waals surface area contributed by atoms with Crippen molar-refractivity contribution in [2.45, 2.75) is 12.5 Å². The molecule has 1 saturated heterocycles. The van der Waals surface area contributed by atoms with Crippen LogP contribution in [0.4, 0.5) is 0 Å². The van der Waals surface area contributed by atoms with Crippen molar-refractivity contribution in [2.24, 2.45) is 0 Å². The van der Waals surface area contributed by atoms with Crippen molar-refractivity contribution < 1.29 is 19.0 Å². The second-order valence-corrected chi connectivity index (χ2v) is 5.68. The summed E-state index contributed by atoms with van der Waals surface area (Å²) in [5.41, 5.74) is 1.99. The molecule has 5 nitrogen and oxygen atoms in total. The molecule has 24 heavy (non-hydrogen) atoms. The normalized spacial score (nSPS) is 16.9. The molecule has 5 heteroatoms. The van der Waals surface area contributed by atoms with E-state index in [1.54, 1.807) is 19.1 Å². The van der Waals surface area contributed by atoms with E-state index in [1.165, 1.54) is 0 Å². The molecule has 2 aromatic rings. The van der Waals surface area contributed by atoms with Crippen molar-refractivity contribution in [1.82, 2.24) is 4.90 Å². The predicted molar refractivity (Wildman–Crippen MR) is 90.1 cm³/mol. The molecule has 1 aliphatic heterocycles. The van der Waals surface area contributed by atoms with E-state index in [0.717, 1.165) is 11.1 Å². The monoisotopic (exact) mass is 327 g/mol. The highest BCUT2D eigenvalue weighted by atomic mass is 16.5. The fourth-order valence-electron chi connectivity index (χ4n) is 2.81. The SMILES string of the molecule is COc1ccc(CC(=O)N2COC(c3ccccc3)C2)cc1OC. The molecule has 1 unspecified atom stereocenters. The van der Waals surface area contributed by atoms with Gasteiger partial charge in [0.05, 0.1) is 27.2 Å². The van der Waals surface area contributed by atoms with Crippen LogP contribution in [0.25, 0.3) is 0 Å². The summed E-state index contributed by atoms with van der Waals surface area (Å²) in [6.45, 7) is 0.905. The Kier molecular flexibility index (Phi) is 5.01. The molecule has 0 aliphatic carbocycles. The van der Waals surface area contributed by atoms with Gasteiger partial charge in [-0.15, -0.1) is 0 Å². The van der Waals surface area contributed by atoms with Gasteiger partial charge >= 0.3 is 0 Å². The van der Waals surface area contributed by atoms with Gasteiger partial charge in [0.1, 0.15) is 12.8 Å². The fraction of sp³-hybridized carbons (Fsp3) is 0.316. The van der Waals surface area contributed by atoms with E-state index < -0.39 is 0 Å². The van der Waals surface area contributed by atoms with Crippen molar-refractivity contribution in [2.75, 3.05) is 27.5 Å². The standard InChI is InChI=1S/C19H21NO4/c1-22-16-9-8-14(10-17(16)23-2)11-19(21)20-12-18(24-13-20)15-6-4-3-5-7-15/h3-10,18H,11-13H2,1-2H3. The second kappa shape index (κ2) is 7.36. The zero-order valence-corrected chi connectivity index (χ0v) is 13.9. The van der Waals surface area contributed by atoms with E-state index in [-0.39, 0.29) is 12.0 Å². The molecule has 1 heterocycles. The van der Waals surface area contributed by atoms with E-state index >= 15 is 0 Å². The Balaban J connectivity index is 1.64. The van der Waals surface area contributed by atoms with Crippen molar-refractivity contribution in [1.29, 1.82) is 0 Å². The molecule has 1 atom stereocenters. The Labute approximate surface area is 141 Å². The number of carbonyl (C=O) groups excluding carboxylic acids is 1. The van der Waals surface area contributed by atoms with Crippen molar-refractivity contribution in [3.05, 3.63) is 59.7 Å². The molecular formula is C19H21NO4. The molecule has 1 fully saturated rings. The van der Waals surface area contributed by atoms with Crippen LogP contribution in [-0.2, 0) is 16.0 Å². The number of hydrogen-bond donors (Lipinski definition) is 0. The Morgan fingerprint density at radius 3 is 2.58 bits per heavy atom. The molecule has 0 bridgehead atoms. The number of amides is 1. The van der Waals surface area contributed by atoms with Crippen molar-refractivity contribution >= 4 is 5.91 Å². The topological polar surface area (TPSA) is 48.0 Å². The Hall–Kier alpha value is -2.53. The first-order chi connectivity index (χ1) is 11.7. The van der Waals surface area contributed by atoms with Gasteiger partial charge in [-0.3, -0.25) is 4.79 Å². The van der Waals surface area contributed by atoms with E-state index in [0.29, 0.717) is 31.2 Å². The third kappa shape index (κ3) is 3.51. The maximum Gasteiger partial charge on any atom is 0.228 e. The smallest absolute Gasteiger partial charge is 0.228 e. The van der Waals surface area contributed by atoms with Crippen LogP contribution in [0.1, 0.15) is 17.2 Å². The van der Waals surface area contributed by atoms with Crippen LogP contribution >= 0.6 is 0 Å². The lowest BCUT2D eigenvalue weighted by molar-refractivity contribution is -0.130. The summed E-state index contributed by atoms with van der Waals surface area (Å²) in [4.78, 5) is 14.3. The van der Waals surface area contributed by atoms with Crippen LogP contribution in [0.5, 0.6) is 11.5 Å². The van der Waals surface area contributed by atoms with E-state index in [4.69, 9.17) is 14.2 Å². The Morgan fingerprint density at radius 2 is 1.88 bits per heavy atom. The molecule has 0 aromatic heterocycles. The highest BCUT2D eigenvalue weighted by Gasteiger charge is 2.27. The average Bonchev–Trinajstić information content (AvgIpc) is 3.12. The molecule has 0 saturated carbocycles. The van der Waals surface area contributed by atoms with Crippen LogP contribution in [0, 0.1) is 0 Å². The van der Waals surface area contributed by atoms with Gasteiger partial charge in [0, 0.05) is 0 Å². The van der Waals surface area contributed by atoms with E-state index in [2.05, 4.69) is 0 Å². The van der Waals surface area contributed by atoms with Gasteiger partial charge in [0.15, 0.2) is 11.5 Å². The second-order valence-electron chi connectivity index (χ2n) is 5.68. The van der Waals surface area contributed by atoms with Crippen LogP contribution < -0.4 is 9.47 Å². The third-order valence-corrected chi connectivity index (χ3v) is 4.15. The van der Waals surface area contributed by atoms with Crippen LogP contribution in [0.3, 0.4) is 0 Å². The maximum atomic E-state index is 12.5. The minimum atomic E-state index is -0.0550. The lowest BCUT2D eigenvalue weighted by Crippen LogP contribution is -2.30. The van der Waals surface area contributed by atoms with Gasteiger partial charge < -0.3 is 19.1 Å². The van der Waals surface area contributed by atoms with Crippen molar-refractivity contribution in [3.63, 3.8) is 0 Å². The van der Waals surface area contributed by atoms with Gasteiger partial charge in [-0.05, 0) is 23.3 Å². The molecule has 0 N–H and O–H groups in total. The zero-order chi connectivity index (χ0) is 16.9. The zero-order valence-electron chi connectivity index (χ0n) is 13.9. The highest BCUT2D eigenvalue weighted by molar-refractivity contribution is 5.79. The van der Waals surface area contributed by atoms with Gasteiger partial charge in [-0.2, -0.15) is 0 Å². The minimum absolute atomic E-state index is 0.0423. The van der Waals surface area contributed by atoms with Gasteiger partial charge in [0.2, 0.25) is 5.91 Å². The first-order valence-electron chi connectivity index (χ1n) is 7.86. The van der Waals surface area contributed by atoms with Crippen molar-refractivity contribution in [3.8, 4) is 11.5 Å². The van der Waals surface area contributed by atoms with E-state index in [9.17, 15) is 4.79 Å². The number of benzene rings is 2. The van der Waals surface area contributed by atoms with Crippen LogP contribution in [0.15, 0.2) is 48.5 Å². The summed E-state index contributed by atoms with van der Waals surface area (Å²) in [6, 6.07) is 15.5. The molecule has 0 radical (unpaired) electrons. The third-order valence-electron chi connectivity index (χ3n) is 4.15. The van der Waals surface area contributed by atoms with Gasteiger partial charge in [-0.25, -0.2) is 0 Å².